The molecule has 0 spiro atoms. The highest BCUT2D eigenvalue weighted by molar-refractivity contribution is 5.82. The zero-order valence-electron chi connectivity index (χ0n) is 12.0. The summed E-state index contributed by atoms with van der Waals surface area (Å²) >= 11 is 0. The molecule has 1 amide bonds. The van der Waals surface area contributed by atoms with Crippen LogP contribution >= 0.6 is 0 Å². The second-order valence-corrected chi connectivity index (χ2v) is 5.59. The van der Waals surface area contributed by atoms with Crippen LogP contribution < -0.4 is 10.6 Å². The number of aliphatic hydroxyl groups is 1. The highest BCUT2D eigenvalue weighted by Crippen LogP contribution is 2.20. The van der Waals surface area contributed by atoms with Gasteiger partial charge in [-0.25, -0.2) is 0 Å². The number of rotatable bonds is 6. The summed E-state index contributed by atoms with van der Waals surface area (Å²) in [6.45, 7) is 3.29. The van der Waals surface area contributed by atoms with Gasteiger partial charge in [0.05, 0.1) is 12.1 Å². The second-order valence-electron chi connectivity index (χ2n) is 5.59. The molecular formula is C16H24N2O2. The van der Waals surface area contributed by atoms with Crippen LogP contribution in [-0.4, -0.2) is 36.2 Å². The van der Waals surface area contributed by atoms with E-state index in [9.17, 15) is 9.90 Å². The molecule has 1 fully saturated rings. The summed E-state index contributed by atoms with van der Waals surface area (Å²) in [5.74, 6) is 0.232. The number of aliphatic hydroxyl groups excluding tert-OH is 1. The molecule has 1 aromatic carbocycles. The Morgan fingerprint density at radius 3 is 2.80 bits per heavy atom. The number of hydrogen-bond acceptors (Lipinski definition) is 3. The summed E-state index contributed by atoms with van der Waals surface area (Å²) in [6.07, 6.45) is 2.26. The smallest absolute Gasteiger partial charge is 0.237 e. The van der Waals surface area contributed by atoms with Gasteiger partial charge in [-0.2, -0.15) is 0 Å². The number of nitrogens with one attached hydrogen (secondary N) is 2. The Balaban J connectivity index is 1.92. The minimum atomic E-state index is -0.373. The summed E-state index contributed by atoms with van der Waals surface area (Å²) in [5, 5.41) is 15.9. The van der Waals surface area contributed by atoms with Crippen molar-refractivity contribution in [1.29, 1.82) is 0 Å². The zero-order chi connectivity index (χ0) is 14.4. The Hall–Kier alpha value is -1.39. The van der Waals surface area contributed by atoms with Crippen molar-refractivity contribution in [2.24, 2.45) is 0 Å². The summed E-state index contributed by atoms with van der Waals surface area (Å²) in [7, 11) is 0. The van der Waals surface area contributed by atoms with Crippen molar-refractivity contribution in [2.75, 3.05) is 13.1 Å². The minimum Gasteiger partial charge on any atom is -0.393 e. The fourth-order valence-electron chi connectivity index (χ4n) is 2.73. The van der Waals surface area contributed by atoms with Crippen LogP contribution in [0.15, 0.2) is 30.3 Å². The minimum absolute atomic E-state index is 0.0435. The van der Waals surface area contributed by atoms with E-state index in [0.717, 1.165) is 24.9 Å². The van der Waals surface area contributed by atoms with Crippen molar-refractivity contribution < 1.29 is 9.90 Å². The Labute approximate surface area is 120 Å². The zero-order valence-corrected chi connectivity index (χ0v) is 12.0. The normalized spacial score (nSPS) is 21.4. The monoisotopic (exact) mass is 276 g/mol. The maximum absolute atomic E-state index is 12.0. The van der Waals surface area contributed by atoms with Crippen molar-refractivity contribution >= 4 is 5.91 Å². The molecule has 1 aliphatic heterocycles. The van der Waals surface area contributed by atoms with Gasteiger partial charge in [0.2, 0.25) is 5.91 Å². The van der Waals surface area contributed by atoms with Gasteiger partial charge >= 0.3 is 0 Å². The first-order valence-electron chi connectivity index (χ1n) is 7.41. The van der Waals surface area contributed by atoms with Crippen molar-refractivity contribution in [3.63, 3.8) is 0 Å². The molecule has 3 atom stereocenters. The topological polar surface area (TPSA) is 61.4 Å². The molecule has 1 heterocycles. The van der Waals surface area contributed by atoms with Crippen LogP contribution in [0.3, 0.4) is 0 Å². The lowest BCUT2D eigenvalue weighted by molar-refractivity contribution is -0.122. The molecule has 2 unspecified atom stereocenters. The van der Waals surface area contributed by atoms with Gasteiger partial charge < -0.3 is 15.7 Å². The molecule has 20 heavy (non-hydrogen) atoms. The number of hydrogen-bond donors (Lipinski definition) is 3. The lowest BCUT2D eigenvalue weighted by atomic mass is 9.93. The van der Waals surface area contributed by atoms with Crippen molar-refractivity contribution in [2.45, 2.75) is 44.2 Å². The largest absolute Gasteiger partial charge is 0.393 e. The first-order chi connectivity index (χ1) is 9.66. The third-order valence-corrected chi connectivity index (χ3v) is 3.80. The van der Waals surface area contributed by atoms with E-state index < -0.39 is 0 Å². The Morgan fingerprint density at radius 1 is 1.45 bits per heavy atom. The Kier molecular flexibility index (Phi) is 5.56. The summed E-state index contributed by atoms with van der Waals surface area (Å²) in [6, 6.07) is 10.0. The molecule has 4 nitrogen and oxygen atoms in total. The van der Waals surface area contributed by atoms with Gasteiger partial charge in [-0.15, -0.1) is 0 Å². The first kappa shape index (κ1) is 15.0. The van der Waals surface area contributed by atoms with Crippen LogP contribution in [0.5, 0.6) is 0 Å². The standard InChI is InChI=1S/C16H24N2O2/c1-12(19)10-14(13-6-3-2-4-7-13)11-18-16(20)15-8-5-9-17-15/h2-4,6-7,12,14-15,17,19H,5,8-11H2,1H3,(H,18,20)/t12?,14?,15-/m0/s1. The van der Waals surface area contributed by atoms with E-state index in [4.69, 9.17) is 0 Å². The van der Waals surface area contributed by atoms with Crippen LogP contribution in [0, 0.1) is 0 Å². The van der Waals surface area contributed by atoms with Crippen molar-refractivity contribution in [1.82, 2.24) is 10.6 Å². The molecule has 0 radical (unpaired) electrons. The van der Waals surface area contributed by atoms with Crippen LogP contribution in [0.2, 0.25) is 0 Å². The molecule has 0 aromatic heterocycles. The molecule has 110 valence electrons. The van der Waals surface area contributed by atoms with E-state index in [0.29, 0.717) is 13.0 Å². The fraction of sp³-hybridized carbons (Fsp3) is 0.562. The fourth-order valence-corrected chi connectivity index (χ4v) is 2.73. The molecule has 3 N–H and O–H groups in total. The molecule has 4 heteroatoms. The molecule has 1 saturated heterocycles. The third kappa shape index (κ3) is 4.32. The highest BCUT2D eigenvalue weighted by atomic mass is 16.3. The van der Waals surface area contributed by atoms with E-state index in [1.807, 2.05) is 30.3 Å². The van der Waals surface area contributed by atoms with Crippen LogP contribution in [0.4, 0.5) is 0 Å². The quantitative estimate of drug-likeness (QED) is 0.736. The van der Waals surface area contributed by atoms with Crippen molar-refractivity contribution in [3.05, 3.63) is 35.9 Å². The van der Waals surface area contributed by atoms with E-state index in [2.05, 4.69) is 10.6 Å². The van der Waals surface area contributed by atoms with Crippen LogP contribution in [0.1, 0.15) is 37.7 Å². The summed E-state index contributed by atoms with van der Waals surface area (Å²) in [5.41, 5.74) is 1.16. The predicted molar refractivity (Wildman–Crippen MR) is 79.5 cm³/mol. The molecule has 0 saturated carbocycles. The molecule has 0 bridgehead atoms. The molecule has 0 aliphatic carbocycles. The molecule has 2 rings (SSSR count). The average molecular weight is 276 g/mol. The summed E-state index contributed by atoms with van der Waals surface area (Å²) < 4.78 is 0. The maximum atomic E-state index is 12.0. The molecular weight excluding hydrogens is 252 g/mol. The Morgan fingerprint density at radius 2 is 2.20 bits per heavy atom. The van der Waals surface area contributed by atoms with Gasteiger partial charge in [0, 0.05) is 12.5 Å². The van der Waals surface area contributed by atoms with Crippen LogP contribution in [0.25, 0.3) is 0 Å². The first-order valence-corrected chi connectivity index (χ1v) is 7.41. The summed E-state index contributed by atoms with van der Waals surface area (Å²) in [4.78, 5) is 12.0. The van der Waals surface area contributed by atoms with Gasteiger partial charge in [-0.05, 0) is 38.3 Å². The van der Waals surface area contributed by atoms with Gasteiger partial charge in [-0.3, -0.25) is 4.79 Å². The SMILES string of the molecule is CC(O)CC(CNC(=O)[C@@H]1CCCN1)c1ccccc1. The number of benzene rings is 1. The van der Waals surface area contributed by atoms with E-state index >= 15 is 0 Å². The lowest BCUT2D eigenvalue weighted by Crippen LogP contribution is -2.42. The van der Waals surface area contributed by atoms with E-state index in [1.165, 1.54) is 0 Å². The average Bonchev–Trinajstić information content (AvgIpc) is 2.98. The van der Waals surface area contributed by atoms with Crippen molar-refractivity contribution in [3.8, 4) is 0 Å². The van der Waals surface area contributed by atoms with Gasteiger partial charge in [0.15, 0.2) is 0 Å². The van der Waals surface area contributed by atoms with Gasteiger partial charge in [0.1, 0.15) is 0 Å². The third-order valence-electron chi connectivity index (χ3n) is 3.80. The second kappa shape index (κ2) is 7.41. The Bertz CT molecular complexity index is 414. The van der Waals surface area contributed by atoms with Gasteiger partial charge in [0.25, 0.3) is 0 Å². The van der Waals surface area contributed by atoms with Gasteiger partial charge in [-0.1, -0.05) is 30.3 Å². The highest BCUT2D eigenvalue weighted by Gasteiger charge is 2.23. The van der Waals surface area contributed by atoms with Crippen LogP contribution in [-0.2, 0) is 4.79 Å². The number of amides is 1. The maximum Gasteiger partial charge on any atom is 0.237 e. The molecule has 1 aliphatic rings. The predicted octanol–water partition coefficient (Wildman–Crippen LogP) is 1.41. The van der Waals surface area contributed by atoms with E-state index in [-0.39, 0.29) is 24.0 Å². The molecule has 1 aromatic rings. The number of carbonyl (C=O) groups is 1. The lowest BCUT2D eigenvalue weighted by Gasteiger charge is -2.21. The van der Waals surface area contributed by atoms with E-state index in [1.54, 1.807) is 6.92 Å². The number of carbonyl (C=O) groups excluding carboxylic acids is 1.